The summed E-state index contributed by atoms with van der Waals surface area (Å²) in [4.78, 5) is 25.2. The van der Waals surface area contributed by atoms with E-state index in [1.54, 1.807) is 29.7 Å². The van der Waals surface area contributed by atoms with Crippen molar-refractivity contribution in [2.45, 2.75) is 19.5 Å². The number of thiazole rings is 1. The number of nitrogens with one attached hydrogen (secondary N) is 1. The van der Waals surface area contributed by atoms with Crippen molar-refractivity contribution < 1.29 is 4.79 Å². The summed E-state index contributed by atoms with van der Waals surface area (Å²) in [6, 6.07) is 20.4. The van der Waals surface area contributed by atoms with Crippen LogP contribution in [0.5, 0.6) is 0 Å². The van der Waals surface area contributed by atoms with Crippen LogP contribution < -0.4 is 5.32 Å². The van der Waals surface area contributed by atoms with Gasteiger partial charge < -0.3 is 0 Å². The quantitative estimate of drug-likeness (QED) is 0.461. The Kier molecular flexibility index (Phi) is 5.56. The lowest BCUT2D eigenvalue weighted by Crippen LogP contribution is -2.29. The van der Waals surface area contributed by atoms with Crippen LogP contribution in [-0.4, -0.2) is 27.3 Å². The molecule has 0 radical (unpaired) electrons. The molecule has 0 saturated carbocycles. The second-order valence-electron chi connectivity index (χ2n) is 7.58. The van der Waals surface area contributed by atoms with E-state index in [1.807, 2.05) is 36.4 Å². The van der Waals surface area contributed by atoms with Crippen LogP contribution in [-0.2, 0) is 24.3 Å². The minimum atomic E-state index is -0.180. The number of carbonyl (C=O) groups is 1. The maximum Gasteiger partial charge on any atom is 0.250 e. The van der Waals surface area contributed by atoms with Crippen molar-refractivity contribution in [1.82, 2.24) is 14.9 Å². The van der Waals surface area contributed by atoms with Crippen molar-refractivity contribution >= 4 is 39.4 Å². The van der Waals surface area contributed by atoms with Gasteiger partial charge in [0.1, 0.15) is 0 Å². The van der Waals surface area contributed by atoms with Crippen LogP contribution in [0.4, 0.5) is 5.13 Å². The third kappa shape index (κ3) is 4.55. The Hall–Kier alpha value is -3.35. The monoisotopic (exact) mass is 426 g/mol. The Morgan fingerprint density at radius 1 is 1.10 bits per heavy atom. The second-order valence-corrected chi connectivity index (χ2v) is 8.66. The number of amides is 1. The van der Waals surface area contributed by atoms with Gasteiger partial charge in [0, 0.05) is 54.2 Å². The molecule has 0 aliphatic carbocycles. The van der Waals surface area contributed by atoms with E-state index in [9.17, 15) is 4.79 Å². The predicted octanol–water partition coefficient (Wildman–Crippen LogP) is 4.90. The number of rotatable bonds is 5. The van der Waals surface area contributed by atoms with E-state index >= 15 is 0 Å². The number of aromatic nitrogens is 2. The first kappa shape index (κ1) is 19.6. The van der Waals surface area contributed by atoms with E-state index in [4.69, 9.17) is 0 Å². The van der Waals surface area contributed by atoms with Crippen LogP contribution >= 0.6 is 11.3 Å². The number of hydrogen-bond donors (Lipinski definition) is 1. The Bertz CT molecular complexity index is 1240. The molecule has 0 fully saturated rings. The summed E-state index contributed by atoms with van der Waals surface area (Å²) in [5.41, 5.74) is 4.23. The number of fused-ring (bicyclic) bond motifs is 2. The van der Waals surface area contributed by atoms with Gasteiger partial charge in [0.15, 0.2) is 5.13 Å². The molecule has 0 atom stereocenters. The number of anilines is 1. The zero-order valence-electron chi connectivity index (χ0n) is 17.0. The van der Waals surface area contributed by atoms with Crippen LogP contribution in [0.25, 0.3) is 17.0 Å². The number of benzene rings is 2. The van der Waals surface area contributed by atoms with Crippen LogP contribution in [0.2, 0.25) is 0 Å². The van der Waals surface area contributed by atoms with E-state index in [0.29, 0.717) is 5.13 Å². The van der Waals surface area contributed by atoms with Gasteiger partial charge in [-0.25, -0.2) is 4.98 Å². The average Bonchev–Trinajstić information content (AvgIpc) is 3.19. The Morgan fingerprint density at radius 2 is 1.97 bits per heavy atom. The lowest BCUT2D eigenvalue weighted by atomic mass is 10.1. The summed E-state index contributed by atoms with van der Waals surface area (Å²) < 4.78 is 0. The minimum absolute atomic E-state index is 0.180. The highest BCUT2D eigenvalue weighted by Gasteiger charge is 2.21. The summed E-state index contributed by atoms with van der Waals surface area (Å²) in [5, 5.41) is 4.64. The second kappa shape index (κ2) is 8.79. The molecule has 1 amide bonds. The highest BCUT2D eigenvalue weighted by Crippen LogP contribution is 2.29. The third-order valence-corrected chi connectivity index (χ3v) is 6.37. The van der Waals surface area contributed by atoms with Crippen molar-refractivity contribution in [3.8, 4) is 0 Å². The largest absolute Gasteiger partial charge is 0.298 e. The van der Waals surface area contributed by atoms with Crippen molar-refractivity contribution in [3.05, 3.63) is 94.6 Å². The highest BCUT2D eigenvalue weighted by molar-refractivity contribution is 7.15. The Labute approximate surface area is 185 Å². The molecule has 0 saturated heterocycles. The average molecular weight is 427 g/mol. The molecular formula is C25H22N4OS. The van der Waals surface area contributed by atoms with Crippen LogP contribution in [0, 0.1) is 0 Å². The SMILES string of the molecule is O=C(/C=C/c1cccc2cccnc12)Nc1nc2c(s1)CN(Cc1ccccc1)CC2. The zero-order chi connectivity index (χ0) is 21.0. The summed E-state index contributed by atoms with van der Waals surface area (Å²) in [6.45, 7) is 2.78. The maximum absolute atomic E-state index is 12.5. The summed E-state index contributed by atoms with van der Waals surface area (Å²) in [5.74, 6) is -0.180. The van der Waals surface area contributed by atoms with Gasteiger partial charge in [0.2, 0.25) is 5.91 Å². The van der Waals surface area contributed by atoms with E-state index in [2.05, 4.69) is 44.5 Å². The fourth-order valence-corrected chi connectivity index (χ4v) is 4.91. The van der Waals surface area contributed by atoms with Gasteiger partial charge in [-0.15, -0.1) is 11.3 Å². The fraction of sp³-hybridized carbons (Fsp3) is 0.160. The van der Waals surface area contributed by atoms with Crippen LogP contribution in [0.3, 0.4) is 0 Å². The molecule has 0 spiro atoms. The molecule has 2 aromatic carbocycles. The summed E-state index contributed by atoms with van der Waals surface area (Å²) in [7, 11) is 0. The van der Waals surface area contributed by atoms with Crippen LogP contribution in [0.15, 0.2) is 72.9 Å². The lowest BCUT2D eigenvalue weighted by molar-refractivity contribution is -0.111. The number of nitrogens with zero attached hydrogens (tertiary/aromatic N) is 3. The van der Waals surface area contributed by atoms with Crippen LogP contribution in [0.1, 0.15) is 21.7 Å². The number of para-hydroxylation sites is 1. The molecule has 1 aliphatic rings. The molecule has 1 aliphatic heterocycles. The number of carbonyl (C=O) groups excluding carboxylic acids is 1. The normalized spacial score (nSPS) is 14.1. The van der Waals surface area contributed by atoms with Gasteiger partial charge in [-0.3, -0.25) is 20.0 Å². The smallest absolute Gasteiger partial charge is 0.250 e. The lowest BCUT2D eigenvalue weighted by Gasteiger charge is -2.25. The van der Waals surface area contributed by atoms with Crippen molar-refractivity contribution in [3.63, 3.8) is 0 Å². The first-order chi connectivity index (χ1) is 15.2. The molecular weight excluding hydrogens is 404 g/mol. The van der Waals surface area contributed by atoms with Crippen molar-refractivity contribution in [1.29, 1.82) is 0 Å². The van der Waals surface area contributed by atoms with E-state index in [0.717, 1.165) is 48.2 Å². The Morgan fingerprint density at radius 3 is 2.87 bits per heavy atom. The maximum atomic E-state index is 12.5. The van der Waals surface area contributed by atoms with Gasteiger partial charge in [0.25, 0.3) is 0 Å². The van der Waals surface area contributed by atoms with E-state index in [-0.39, 0.29) is 5.91 Å². The molecule has 5 nitrogen and oxygen atoms in total. The molecule has 5 rings (SSSR count). The molecule has 3 heterocycles. The molecule has 1 N–H and O–H groups in total. The molecule has 6 heteroatoms. The van der Waals surface area contributed by atoms with Gasteiger partial charge in [-0.1, -0.05) is 54.6 Å². The zero-order valence-corrected chi connectivity index (χ0v) is 17.8. The topological polar surface area (TPSA) is 58.1 Å². The first-order valence-corrected chi connectivity index (χ1v) is 11.1. The first-order valence-electron chi connectivity index (χ1n) is 10.3. The molecule has 0 bridgehead atoms. The summed E-state index contributed by atoms with van der Waals surface area (Å²) in [6.07, 6.45) is 6.03. The predicted molar refractivity (Wildman–Crippen MR) is 126 cm³/mol. The number of hydrogen-bond acceptors (Lipinski definition) is 5. The summed E-state index contributed by atoms with van der Waals surface area (Å²) >= 11 is 1.57. The highest BCUT2D eigenvalue weighted by atomic mass is 32.1. The molecule has 31 heavy (non-hydrogen) atoms. The van der Waals surface area contributed by atoms with E-state index < -0.39 is 0 Å². The molecule has 2 aromatic heterocycles. The Balaban J connectivity index is 1.24. The minimum Gasteiger partial charge on any atom is -0.298 e. The molecule has 154 valence electrons. The van der Waals surface area contributed by atoms with Gasteiger partial charge in [0.05, 0.1) is 11.2 Å². The third-order valence-electron chi connectivity index (χ3n) is 5.37. The molecule has 4 aromatic rings. The van der Waals surface area contributed by atoms with Crippen molar-refractivity contribution in [2.24, 2.45) is 0 Å². The van der Waals surface area contributed by atoms with Gasteiger partial charge in [-0.05, 0) is 17.7 Å². The van der Waals surface area contributed by atoms with Gasteiger partial charge in [-0.2, -0.15) is 0 Å². The number of pyridine rings is 1. The molecule has 0 unspecified atom stereocenters. The van der Waals surface area contributed by atoms with Crippen molar-refractivity contribution in [2.75, 3.05) is 11.9 Å². The van der Waals surface area contributed by atoms with E-state index in [1.165, 1.54) is 10.4 Å². The van der Waals surface area contributed by atoms with Gasteiger partial charge >= 0.3 is 0 Å². The fourth-order valence-electron chi connectivity index (χ4n) is 3.85. The standard InChI is InChI=1S/C25H22N4OS/c30-23(12-11-20-9-4-8-19-10-5-14-26-24(19)20)28-25-27-21-13-15-29(17-22(21)31-25)16-18-6-2-1-3-7-18/h1-12,14H,13,15-17H2,(H,27,28,30)/b12-11+.